The standard InChI is InChI=1S/C23H31N3O2/c1-23(2,3)19-10-6-7-11-20(19)25-13-15-26(16-14-25)22(27)24-17-18-9-5-8-12-21(18)28-4/h5-12H,13-17H2,1-4H3,(H,24,27). The van der Waals surface area contributed by atoms with Crippen LogP contribution >= 0.6 is 0 Å². The third kappa shape index (κ3) is 4.58. The monoisotopic (exact) mass is 381 g/mol. The average Bonchev–Trinajstić information content (AvgIpc) is 2.71. The second kappa shape index (κ2) is 8.55. The van der Waals surface area contributed by atoms with Crippen molar-refractivity contribution in [1.82, 2.24) is 10.2 Å². The van der Waals surface area contributed by atoms with Crippen LogP contribution in [0.15, 0.2) is 48.5 Å². The fourth-order valence-corrected chi connectivity index (χ4v) is 3.67. The molecule has 0 spiro atoms. The van der Waals surface area contributed by atoms with Gasteiger partial charge < -0.3 is 19.9 Å². The lowest BCUT2D eigenvalue weighted by atomic mass is 9.85. The third-order valence-corrected chi connectivity index (χ3v) is 5.24. The molecule has 5 heteroatoms. The van der Waals surface area contributed by atoms with E-state index in [9.17, 15) is 4.79 Å². The quantitative estimate of drug-likeness (QED) is 0.870. The molecular weight excluding hydrogens is 350 g/mol. The van der Waals surface area contributed by atoms with Crippen molar-refractivity contribution in [2.45, 2.75) is 32.7 Å². The van der Waals surface area contributed by atoms with E-state index in [0.29, 0.717) is 6.54 Å². The molecule has 3 rings (SSSR count). The maximum atomic E-state index is 12.6. The smallest absolute Gasteiger partial charge is 0.317 e. The van der Waals surface area contributed by atoms with Crippen LogP contribution in [0, 0.1) is 0 Å². The number of nitrogens with one attached hydrogen (secondary N) is 1. The lowest BCUT2D eigenvalue weighted by Gasteiger charge is -2.38. The molecule has 1 aliphatic rings. The lowest BCUT2D eigenvalue weighted by Crippen LogP contribution is -2.52. The summed E-state index contributed by atoms with van der Waals surface area (Å²) >= 11 is 0. The van der Waals surface area contributed by atoms with Gasteiger partial charge in [0, 0.05) is 44.0 Å². The normalized spacial score (nSPS) is 14.7. The van der Waals surface area contributed by atoms with Gasteiger partial charge in [-0.15, -0.1) is 0 Å². The van der Waals surface area contributed by atoms with Gasteiger partial charge in [0.2, 0.25) is 0 Å². The maximum Gasteiger partial charge on any atom is 0.317 e. The number of carbonyl (C=O) groups excluding carboxylic acids is 1. The van der Waals surface area contributed by atoms with E-state index in [-0.39, 0.29) is 11.4 Å². The molecule has 5 nitrogen and oxygen atoms in total. The van der Waals surface area contributed by atoms with E-state index in [0.717, 1.165) is 37.5 Å². The highest BCUT2D eigenvalue weighted by Crippen LogP contribution is 2.32. The summed E-state index contributed by atoms with van der Waals surface area (Å²) in [6.07, 6.45) is 0. The minimum absolute atomic E-state index is 0.0188. The molecular formula is C23H31N3O2. The van der Waals surface area contributed by atoms with E-state index in [2.05, 4.69) is 55.3 Å². The van der Waals surface area contributed by atoms with Crippen molar-refractivity contribution < 1.29 is 9.53 Å². The second-order valence-corrected chi connectivity index (χ2v) is 8.21. The Bertz CT molecular complexity index is 805. The van der Waals surface area contributed by atoms with Crippen molar-refractivity contribution in [1.29, 1.82) is 0 Å². The highest BCUT2D eigenvalue weighted by atomic mass is 16.5. The Balaban J connectivity index is 1.58. The first kappa shape index (κ1) is 20.1. The number of methoxy groups -OCH3 is 1. The van der Waals surface area contributed by atoms with Crippen LogP contribution in [-0.4, -0.2) is 44.2 Å². The zero-order chi connectivity index (χ0) is 20.1. The Labute approximate surface area is 168 Å². The zero-order valence-corrected chi connectivity index (χ0v) is 17.4. The molecule has 1 N–H and O–H groups in total. The Morgan fingerprint density at radius 3 is 2.32 bits per heavy atom. The van der Waals surface area contributed by atoms with Gasteiger partial charge in [-0.2, -0.15) is 0 Å². The molecule has 1 fully saturated rings. The third-order valence-electron chi connectivity index (χ3n) is 5.24. The number of urea groups is 1. The summed E-state index contributed by atoms with van der Waals surface area (Å²) in [6, 6.07) is 16.3. The van der Waals surface area contributed by atoms with Crippen LogP contribution < -0.4 is 15.0 Å². The number of benzene rings is 2. The summed E-state index contributed by atoms with van der Waals surface area (Å²) in [4.78, 5) is 16.9. The van der Waals surface area contributed by atoms with Gasteiger partial charge in [0.15, 0.2) is 0 Å². The molecule has 0 aromatic heterocycles. The lowest BCUT2D eigenvalue weighted by molar-refractivity contribution is 0.193. The van der Waals surface area contributed by atoms with Crippen LogP contribution in [0.5, 0.6) is 5.75 Å². The van der Waals surface area contributed by atoms with E-state index in [1.54, 1.807) is 7.11 Å². The van der Waals surface area contributed by atoms with Crippen molar-refractivity contribution in [2.75, 3.05) is 38.2 Å². The van der Waals surface area contributed by atoms with Gasteiger partial charge in [0.25, 0.3) is 0 Å². The van der Waals surface area contributed by atoms with Crippen LogP contribution in [-0.2, 0) is 12.0 Å². The molecule has 1 aliphatic heterocycles. The number of ether oxygens (including phenoxy) is 1. The van der Waals surface area contributed by atoms with Gasteiger partial charge in [-0.25, -0.2) is 4.79 Å². The summed E-state index contributed by atoms with van der Waals surface area (Å²) in [5.74, 6) is 0.798. The predicted octanol–water partition coefficient (Wildman–Crippen LogP) is 4.02. The van der Waals surface area contributed by atoms with Crippen molar-refractivity contribution >= 4 is 11.7 Å². The molecule has 28 heavy (non-hydrogen) atoms. The summed E-state index contributed by atoms with van der Waals surface area (Å²) in [5, 5.41) is 3.02. The van der Waals surface area contributed by atoms with Gasteiger partial charge in [0.1, 0.15) is 5.75 Å². The van der Waals surface area contributed by atoms with Gasteiger partial charge in [0.05, 0.1) is 7.11 Å². The molecule has 150 valence electrons. The number of amides is 2. The van der Waals surface area contributed by atoms with Crippen LogP contribution in [0.2, 0.25) is 0 Å². The molecule has 2 aromatic rings. The van der Waals surface area contributed by atoms with Crippen molar-refractivity contribution in [3.05, 3.63) is 59.7 Å². The molecule has 0 aliphatic carbocycles. The number of nitrogens with zero attached hydrogens (tertiary/aromatic N) is 2. The van der Waals surface area contributed by atoms with E-state index in [4.69, 9.17) is 4.74 Å². The number of anilines is 1. The van der Waals surface area contributed by atoms with Crippen LogP contribution in [0.4, 0.5) is 10.5 Å². The largest absolute Gasteiger partial charge is 0.496 e. The first-order chi connectivity index (χ1) is 13.4. The predicted molar refractivity (Wildman–Crippen MR) is 114 cm³/mol. The van der Waals surface area contributed by atoms with E-state index in [1.165, 1.54) is 11.3 Å². The van der Waals surface area contributed by atoms with Gasteiger partial charge in [-0.3, -0.25) is 0 Å². The van der Waals surface area contributed by atoms with Crippen molar-refractivity contribution in [2.24, 2.45) is 0 Å². The maximum absolute atomic E-state index is 12.6. The molecule has 0 radical (unpaired) electrons. The summed E-state index contributed by atoms with van der Waals surface area (Å²) in [6.45, 7) is 10.3. The fraction of sp³-hybridized carbons (Fsp3) is 0.435. The Hall–Kier alpha value is -2.69. The molecule has 1 heterocycles. The van der Waals surface area contributed by atoms with Crippen molar-refractivity contribution in [3.8, 4) is 5.75 Å². The van der Waals surface area contributed by atoms with Crippen LogP contribution in [0.1, 0.15) is 31.9 Å². The average molecular weight is 382 g/mol. The number of piperazine rings is 1. The fourth-order valence-electron chi connectivity index (χ4n) is 3.67. The highest BCUT2D eigenvalue weighted by molar-refractivity contribution is 5.74. The minimum atomic E-state index is -0.0188. The van der Waals surface area contributed by atoms with E-state index < -0.39 is 0 Å². The second-order valence-electron chi connectivity index (χ2n) is 8.21. The number of hydrogen-bond donors (Lipinski definition) is 1. The molecule has 0 saturated carbocycles. The summed E-state index contributed by atoms with van der Waals surface area (Å²) in [5.41, 5.74) is 3.71. The number of rotatable bonds is 4. The Morgan fingerprint density at radius 2 is 1.64 bits per heavy atom. The number of carbonyl (C=O) groups is 1. The summed E-state index contributed by atoms with van der Waals surface area (Å²) in [7, 11) is 1.65. The molecule has 0 atom stereocenters. The van der Waals surface area contributed by atoms with Gasteiger partial charge in [-0.1, -0.05) is 57.2 Å². The molecule has 0 unspecified atom stereocenters. The van der Waals surface area contributed by atoms with Crippen LogP contribution in [0.3, 0.4) is 0 Å². The zero-order valence-electron chi connectivity index (χ0n) is 17.4. The van der Waals surface area contributed by atoms with Gasteiger partial charge in [-0.05, 0) is 23.1 Å². The van der Waals surface area contributed by atoms with Gasteiger partial charge >= 0.3 is 6.03 Å². The topological polar surface area (TPSA) is 44.8 Å². The summed E-state index contributed by atoms with van der Waals surface area (Å²) < 4.78 is 5.35. The molecule has 0 bridgehead atoms. The Kier molecular flexibility index (Phi) is 6.12. The number of hydrogen-bond acceptors (Lipinski definition) is 3. The SMILES string of the molecule is COc1ccccc1CNC(=O)N1CCN(c2ccccc2C(C)(C)C)CC1. The molecule has 1 saturated heterocycles. The first-order valence-corrected chi connectivity index (χ1v) is 9.89. The first-order valence-electron chi connectivity index (χ1n) is 9.89. The molecule has 2 aromatic carbocycles. The number of para-hydroxylation sites is 2. The molecule has 2 amide bonds. The van der Waals surface area contributed by atoms with Crippen molar-refractivity contribution in [3.63, 3.8) is 0 Å². The van der Waals surface area contributed by atoms with Crippen LogP contribution in [0.25, 0.3) is 0 Å². The minimum Gasteiger partial charge on any atom is -0.496 e. The Morgan fingerprint density at radius 1 is 1.00 bits per heavy atom. The van der Waals surface area contributed by atoms with E-state index >= 15 is 0 Å². The van der Waals surface area contributed by atoms with E-state index in [1.807, 2.05) is 29.2 Å². The highest BCUT2D eigenvalue weighted by Gasteiger charge is 2.25.